The number of hydrogen-bond acceptors (Lipinski definition) is 3. The topological polar surface area (TPSA) is 30.5 Å². The molecule has 0 saturated carbocycles. The van der Waals surface area contributed by atoms with Crippen molar-refractivity contribution < 1.29 is 9.47 Å². The van der Waals surface area contributed by atoms with Crippen LogP contribution >= 0.6 is 0 Å². The van der Waals surface area contributed by atoms with E-state index in [-0.39, 0.29) is 0 Å². The molecule has 2 rings (SSSR count). The van der Waals surface area contributed by atoms with Gasteiger partial charge in [0.05, 0.1) is 6.10 Å². The molecular weight excluding hydrogens is 214 g/mol. The molecule has 0 radical (unpaired) electrons. The van der Waals surface area contributed by atoms with E-state index in [1.807, 2.05) is 0 Å². The van der Waals surface area contributed by atoms with Crippen LogP contribution in [0.25, 0.3) is 0 Å². The summed E-state index contributed by atoms with van der Waals surface area (Å²) in [5, 5.41) is 3.67. The van der Waals surface area contributed by atoms with Gasteiger partial charge < -0.3 is 14.8 Å². The molecule has 2 aliphatic rings. The Morgan fingerprint density at radius 2 is 2.00 bits per heavy atom. The first-order chi connectivity index (χ1) is 8.40. The summed E-state index contributed by atoms with van der Waals surface area (Å²) in [5.74, 6) is 0.810. The van der Waals surface area contributed by atoms with Gasteiger partial charge in [-0.2, -0.15) is 0 Å². The summed E-state index contributed by atoms with van der Waals surface area (Å²) in [4.78, 5) is 0. The highest BCUT2D eigenvalue weighted by molar-refractivity contribution is 4.80. The molecule has 0 aromatic carbocycles. The summed E-state index contributed by atoms with van der Waals surface area (Å²) in [6.07, 6.45) is 8.02. The second kappa shape index (κ2) is 7.34. The van der Waals surface area contributed by atoms with Gasteiger partial charge in [-0.15, -0.1) is 0 Å². The predicted molar refractivity (Wildman–Crippen MR) is 69.2 cm³/mol. The van der Waals surface area contributed by atoms with E-state index in [4.69, 9.17) is 9.47 Å². The van der Waals surface area contributed by atoms with E-state index in [1.165, 1.54) is 38.5 Å². The van der Waals surface area contributed by atoms with Crippen LogP contribution in [0.15, 0.2) is 0 Å². The average molecular weight is 241 g/mol. The van der Waals surface area contributed by atoms with Crippen LogP contribution in [-0.4, -0.2) is 38.5 Å². The lowest BCUT2D eigenvalue weighted by atomic mass is 9.88. The Morgan fingerprint density at radius 3 is 2.65 bits per heavy atom. The molecule has 0 amide bonds. The SMILES string of the molecule is CCNC(CCC1CCCO1)C1CCOCC1. The zero-order valence-corrected chi connectivity index (χ0v) is 11.1. The van der Waals surface area contributed by atoms with Gasteiger partial charge in [-0.05, 0) is 51.0 Å². The van der Waals surface area contributed by atoms with Gasteiger partial charge in [0.15, 0.2) is 0 Å². The Balaban J connectivity index is 1.74. The number of hydrogen-bond donors (Lipinski definition) is 1. The van der Waals surface area contributed by atoms with Crippen molar-refractivity contribution in [1.82, 2.24) is 5.32 Å². The van der Waals surface area contributed by atoms with Crippen LogP contribution in [0.2, 0.25) is 0 Å². The molecule has 3 heteroatoms. The highest BCUT2D eigenvalue weighted by Gasteiger charge is 2.25. The van der Waals surface area contributed by atoms with Gasteiger partial charge in [-0.3, -0.25) is 0 Å². The molecule has 0 bridgehead atoms. The molecule has 2 fully saturated rings. The first-order valence-electron chi connectivity index (χ1n) is 7.33. The lowest BCUT2D eigenvalue weighted by Crippen LogP contribution is -2.39. The van der Waals surface area contributed by atoms with E-state index in [0.29, 0.717) is 12.1 Å². The third kappa shape index (κ3) is 4.23. The monoisotopic (exact) mass is 241 g/mol. The summed E-state index contributed by atoms with van der Waals surface area (Å²) in [5.41, 5.74) is 0. The van der Waals surface area contributed by atoms with Gasteiger partial charge in [-0.25, -0.2) is 0 Å². The lowest BCUT2D eigenvalue weighted by Gasteiger charge is -2.31. The Hall–Kier alpha value is -0.120. The molecule has 0 aromatic heterocycles. The fourth-order valence-electron chi connectivity index (χ4n) is 3.12. The van der Waals surface area contributed by atoms with Crippen molar-refractivity contribution in [3.63, 3.8) is 0 Å². The standard InChI is InChI=1S/C14H27NO2/c1-2-15-14(12-7-10-16-11-8-12)6-5-13-4-3-9-17-13/h12-15H,2-11H2,1H3. The molecule has 2 saturated heterocycles. The van der Waals surface area contributed by atoms with Gasteiger partial charge in [0.1, 0.15) is 0 Å². The maximum atomic E-state index is 5.72. The van der Waals surface area contributed by atoms with Gasteiger partial charge >= 0.3 is 0 Å². The van der Waals surface area contributed by atoms with E-state index in [2.05, 4.69) is 12.2 Å². The van der Waals surface area contributed by atoms with E-state index in [0.717, 1.165) is 32.3 Å². The smallest absolute Gasteiger partial charge is 0.0576 e. The first kappa shape index (κ1) is 13.3. The van der Waals surface area contributed by atoms with E-state index in [1.54, 1.807) is 0 Å². The van der Waals surface area contributed by atoms with Crippen LogP contribution in [0.5, 0.6) is 0 Å². The summed E-state index contributed by atoms with van der Waals surface area (Å²) in [6.45, 7) is 6.17. The molecule has 0 spiro atoms. The van der Waals surface area contributed by atoms with Crippen molar-refractivity contribution in [1.29, 1.82) is 0 Å². The highest BCUT2D eigenvalue weighted by atomic mass is 16.5. The van der Waals surface area contributed by atoms with Gasteiger partial charge in [0.25, 0.3) is 0 Å². The molecule has 3 nitrogen and oxygen atoms in total. The van der Waals surface area contributed by atoms with Crippen LogP contribution in [0.1, 0.15) is 45.4 Å². The molecular formula is C14H27NO2. The minimum absolute atomic E-state index is 0.538. The molecule has 2 aliphatic heterocycles. The van der Waals surface area contributed by atoms with Gasteiger partial charge in [-0.1, -0.05) is 6.92 Å². The summed E-state index contributed by atoms with van der Waals surface area (Å²) in [6, 6.07) is 0.674. The van der Waals surface area contributed by atoms with E-state index in [9.17, 15) is 0 Å². The normalized spacial score (nSPS) is 28.4. The Bertz CT molecular complexity index is 198. The predicted octanol–water partition coefficient (Wildman–Crippen LogP) is 2.35. The summed E-state index contributed by atoms with van der Waals surface area (Å²) >= 11 is 0. The Labute approximate surface area is 105 Å². The fraction of sp³-hybridized carbons (Fsp3) is 1.00. The van der Waals surface area contributed by atoms with Crippen molar-refractivity contribution in [2.24, 2.45) is 5.92 Å². The van der Waals surface area contributed by atoms with Crippen LogP contribution < -0.4 is 5.32 Å². The Morgan fingerprint density at radius 1 is 1.18 bits per heavy atom. The summed E-state index contributed by atoms with van der Waals surface area (Å²) in [7, 11) is 0. The number of nitrogens with one attached hydrogen (secondary N) is 1. The number of rotatable bonds is 6. The summed E-state index contributed by atoms with van der Waals surface area (Å²) < 4.78 is 11.2. The molecule has 17 heavy (non-hydrogen) atoms. The Kier molecular flexibility index (Phi) is 5.75. The quantitative estimate of drug-likeness (QED) is 0.774. The fourth-order valence-corrected chi connectivity index (χ4v) is 3.12. The first-order valence-corrected chi connectivity index (χ1v) is 7.33. The van der Waals surface area contributed by atoms with Crippen molar-refractivity contribution in [2.75, 3.05) is 26.4 Å². The van der Waals surface area contributed by atoms with Crippen LogP contribution in [0.3, 0.4) is 0 Å². The molecule has 100 valence electrons. The molecule has 1 N–H and O–H groups in total. The molecule has 0 aromatic rings. The van der Waals surface area contributed by atoms with Crippen molar-refractivity contribution in [2.45, 2.75) is 57.6 Å². The maximum Gasteiger partial charge on any atom is 0.0576 e. The molecule has 0 aliphatic carbocycles. The largest absolute Gasteiger partial charge is 0.381 e. The average Bonchev–Trinajstić information content (AvgIpc) is 2.88. The third-order valence-electron chi connectivity index (χ3n) is 4.12. The van der Waals surface area contributed by atoms with E-state index < -0.39 is 0 Å². The number of ether oxygens (including phenoxy) is 2. The van der Waals surface area contributed by atoms with Gasteiger partial charge in [0, 0.05) is 25.9 Å². The highest BCUT2D eigenvalue weighted by Crippen LogP contribution is 2.24. The molecule has 2 atom stereocenters. The maximum absolute atomic E-state index is 5.72. The van der Waals surface area contributed by atoms with Crippen molar-refractivity contribution in [3.05, 3.63) is 0 Å². The minimum Gasteiger partial charge on any atom is -0.381 e. The van der Waals surface area contributed by atoms with Crippen LogP contribution in [0.4, 0.5) is 0 Å². The lowest BCUT2D eigenvalue weighted by molar-refractivity contribution is 0.0477. The zero-order valence-electron chi connectivity index (χ0n) is 11.1. The third-order valence-corrected chi connectivity index (χ3v) is 4.12. The van der Waals surface area contributed by atoms with Crippen molar-refractivity contribution in [3.8, 4) is 0 Å². The van der Waals surface area contributed by atoms with Crippen LogP contribution in [0, 0.1) is 5.92 Å². The van der Waals surface area contributed by atoms with Crippen molar-refractivity contribution >= 4 is 0 Å². The second-order valence-corrected chi connectivity index (χ2v) is 5.33. The van der Waals surface area contributed by atoms with E-state index >= 15 is 0 Å². The van der Waals surface area contributed by atoms with Crippen LogP contribution in [-0.2, 0) is 9.47 Å². The zero-order chi connectivity index (χ0) is 11.9. The minimum atomic E-state index is 0.538. The second-order valence-electron chi connectivity index (χ2n) is 5.33. The van der Waals surface area contributed by atoms with Gasteiger partial charge in [0.2, 0.25) is 0 Å². The molecule has 2 heterocycles. The molecule has 2 unspecified atom stereocenters.